The molecular formula is C13H26N2O. The fraction of sp³-hybridized carbons (Fsp3) is 1.00. The van der Waals surface area contributed by atoms with E-state index in [1.165, 1.54) is 38.6 Å². The van der Waals surface area contributed by atoms with Crippen LogP contribution in [0.2, 0.25) is 0 Å². The molecule has 2 heterocycles. The van der Waals surface area contributed by atoms with Crippen molar-refractivity contribution in [2.75, 3.05) is 26.3 Å². The van der Waals surface area contributed by atoms with Crippen LogP contribution in [0.3, 0.4) is 0 Å². The minimum Gasteiger partial charge on any atom is -0.381 e. The molecule has 0 spiro atoms. The average molecular weight is 226 g/mol. The van der Waals surface area contributed by atoms with E-state index in [0.29, 0.717) is 12.1 Å². The van der Waals surface area contributed by atoms with Crippen molar-refractivity contribution in [2.45, 2.75) is 51.1 Å². The summed E-state index contributed by atoms with van der Waals surface area (Å²) in [6.45, 7) is 6.53. The van der Waals surface area contributed by atoms with E-state index in [2.05, 4.69) is 17.6 Å². The van der Waals surface area contributed by atoms with Gasteiger partial charge in [0.2, 0.25) is 0 Å². The second-order valence-electron chi connectivity index (χ2n) is 5.32. The van der Waals surface area contributed by atoms with Gasteiger partial charge in [-0.05, 0) is 38.6 Å². The molecule has 0 radical (unpaired) electrons. The Morgan fingerprint density at radius 2 is 2.25 bits per heavy atom. The molecule has 0 aromatic heterocycles. The van der Waals surface area contributed by atoms with E-state index in [4.69, 9.17) is 4.74 Å². The van der Waals surface area contributed by atoms with E-state index in [0.717, 1.165) is 25.7 Å². The molecule has 2 saturated heterocycles. The molecule has 3 nitrogen and oxygen atoms in total. The van der Waals surface area contributed by atoms with E-state index < -0.39 is 0 Å². The van der Waals surface area contributed by atoms with Crippen molar-refractivity contribution >= 4 is 0 Å². The summed E-state index contributed by atoms with van der Waals surface area (Å²) in [5.41, 5.74) is 0. The summed E-state index contributed by atoms with van der Waals surface area (Å²) in [4.78, 5) is 0. The van der Waals surface area contributed by atoms with Crippen LogP contribution in [0.5, 0.6) is 0 Å². The van der Waals surface area contributed by atoms with Crippen molar-refractivity contribution < 1.29 is 4.74 Å². The maximum absolute atomic E-state index is 5.43. The normalized spacial score (nSPS) is 33.6. The maximum Gasteiger partial charge on any atom is 0.0509 e. The fourth-order valence-corrected chi connectivity index (χ4v) is 2.72. The largest absolute Gasteiger partial charge is 0.381 e. The Hall–Kier alpha value is -0.120. The Kier molecular flexibility index (Phi) is 5.07. The van der Waals surface area contributed by atoms with Crippen LogP contribution in [0.15, 0.2) is 0 Å². The highest BCUT2D eigenvalue weighted by Crippen LogP contribution is 2.16. The van der Waals surface area contributed by atoms with Crippen molar-refractivity contribution in [1.29, 1.82) is 0 Å². The first-order valence-electron chi connectivity index (χ1n) is 6.91. The van der Waals surface area contributed by atoms with Crippen LogP contribution in [0.25, 0.3) is 0 Å². The third kappa shape index (κ3) is 3.72. The van der Waals surface area contributed by atoms with E-state index in [9.17, 15) is 0 Å². The number of rotatable bonds is 4. The van der Waals surface area contributed by atoms with Crippen molar-refractivity contribution in [3.8, 4) is 0 Å². The van der Waals surface area contributed by atoms with Gasteiger partial charge in [0.25, 0.3) is 0 Å². The minimum absolute atomic E-state index is 0.604. The molecular weight excluding hydrogens is 200 g/mol. The van der Waals surface area contributed by atoms with E-state index >= 15 is 0 Å². The molecule has 0 bridgehead atoms. The fourth-order valence-electron chi connectivity index (χ4n) is 2.72. The van der Waals surface area contributed by atoms with Gasteiger partial charge in [-0.25, -0.2) is 0 Å². The molecule has 3 atom stereocenters. The van der Waals surface area contributed by atoms with Crippen molar-refractivity contribution in [2.24, 2.45) is 5.92 Å². The van der Waals surface area contributed by atoms with Gasteiger partial charge in [0, 0.05) is 25.2 Å². The van der Waals surface area contributed by atoms with Gasteiger partial charge in [0.1, 0.15) is 0 Å². The van der Waals surface area contributed by atoms with Crippen molar-refractivity contribution in [1.82, 2.24) is 10.6 Å². The topological polar surface area (TPSA) is 33.3 Å². The van der Waals surface area contributed by atoms with Gasteiger partial charge in [0.05, 0.1) is 6.61 Å². The summed E-state index contributed by atoms with van der Waals surface area (Å²) in [6, 6.07) is 1.29. The first-order valence-corrected chi connectivity index (χ1v) is 6.91. The van der Waals surface area contributed by atoms with Gasteiger partial charge in [-0.1, -0.05) is 12.8 Å². The van der Waals surface area contributed by atoms with Crippen LogP contribution in [0, 0.1) is 5.92 Å². The minimum atomic E-state index is 0.604. The summed E-state index contributed by atoms with van der Waals surface area (Å²) in [7, 11) is 0. The lowest BCUT2D eigenvalue weighted by Crippen LogP contribution is -2.43. The zero-order chi connectivity index (χ0) is 11.2. The Balaban J connectivity index is 1.64. The Morgan fingerprint density at radius 3 is 3.06 bits per heavy atom. The number of hydrogen-bond acceptors (Lipinski definition) is 3. The molecule has 2 N–H and O–H groups in total. The van der Waals surface area contributed by atoms with Crippen LogP contribution < -0.4 is 10.6 Å². The van der Waals surface area contributed by atoms with Crippen LogP contribution in [0.4, 0.5) is 0 Å². The molecule has 3 unspecified atom stereocenters. The Labute approximate surface area is 99.3 Å². The molecule has 2 fully saturated rings. The van der Waals surface area contributed by atoms with Gasteiger partial charge in [0.15, 0.2) is 0 Å². The molecule has 0 saturated carbocycles. The van der Waals surface area contributed by atoms with Crippen molar-refractivity contribution in [3.63, 3.8) is 0 Å². The predicted octanol–water partition coefficient (Wildman–Crippen LogP) is 1.53. The summed E-state index contributed by atoms with van der Waals surface area (Å²) >= 11 is 0. The molecule has 2 aliphatic rings. The third-order valence-corrected chi connectivity index (χ3v) is 4.02. The monoisotopic (exact) mass is 226 g/mol. The lowest BCUT2D eigenvalue weighted by atomic mass is 10.0. The van der Waals surface area contributed by atoms with Crippen LogP contribution in [-0.4, -0.2) is 38.4 Å². The summed E-state index contributed by atoms with van der Waals surface area (Å²) in [6.07, 6.45) is 6.70. The van der Waals surface area contributed by atoms with Crippen molar-refractivity contribution in [3.05, 3.63) is 0 Å². The second-order valence-corrected chi connectivity index (χ2v) is 5.32. The lowest BCUT2D eigenvalue weighted by molar-refractivity contribution is 0.178. The number of hydrogen-bond donors (Lipinski definition) is 2. The quantitative estimate of drug-likeness (QED) is 0.763. The Morgan fingerprint density at radius 1 is 1.31 bits per heavy atom. The van der Waals surface area contributed by atoms with Crippen LogP contribution in [0.1, 0.15) is 39.0 Å². The molecule has 0 amide bonds. The van der Waals surface area contributed by atoms with E-state index in [1.54, 1.807) is 0 Å². The van der Waals surface area contributed by atoms with Crippen LogP contribution in [-0.2, 0) is 4.74 Å². The highest BCUT2D eigenvalue weighted by atomic mass is 16.5. The molecule has 2 aliphatic heterocycles. The first kappa shape index (κ1) is 12.3. The molecule has 0 aliphatic carbocycles. The highest BCUT2D eigenvalue weighted by Gasteiger charge is 2.22. The van der Waals surface area contributed by atoms with E-state index in [1.807, 2.05) is 0 Å². The third-order valence-electron chi connectivity index (χ3n) is 4.02. The van der Waals surface area contributed by atoms with Gasteiger partial charge >= 0.3 is 0 Å². The average Bonchev–Trinajstić information content (AvgIpc) is 2.71. The zero-order valence-electron chi connectivity index (χ0n) is 10.5. The summed E-state index contributed by atoms with van der Waals surface area (Å²) in [5.74, 6) is 0.728. The molecule has 2 rings (SSSR count). The first-order chi connectivity index (χ1) is 7.86. The zero-order valence-corrected chi connectivity index (χ0v) is 10.5. The standard InChI is InChI=1S/C13H26N2O/c1-11(12-6-8-16-10-12)15-9-13-5-3-2-4-7-14-13/h11-15H,2-10H2,1H3. The smallest absolute Gasteiger partial charge is 0.0509 e. The van der Waals surface area contributed by atoms with Gasteiger partial charge < -0.3 is 15.4 Å². The van der Waals surface area contributed by atoms with Gasteiger partial charge in [-0.3, -0.25) is 0 Å². The summed E-state index contributed by atoms with van der Waals surface area (Å²) in [5, 5.41) is 7.31. The molecule has 0 aromatic carbocycles. The summed E-state index contributed by atoms with van der Waals surface area (Å²) < 4.78 is 5.43. The predicted molar refractivity (Wildman–Crippen MR) is 66.6 cm³/mol. The van der Waals surface area contributed by atoms with Gasteiger partial charge in [-0.15, -0.1) is 0 Å². The molecule has 3 heteroatoms. The molecule has 94 valence electrons. The molecule has 0 aromatic rings. The Bertz CT molecular complexity index is 182. The van der Waals surface area contributed by atoms with Crippen LogP contribution >= 0.6 is 0 Å². The number of nitrogens with one attached hydrogen (secondary N) is 2. The second kappa shape index (κ2) is 6.58. The maximum atomic E-state index is 5.43. The lowest BCUT2D eigenvalue weighted by Gasteiger charge is -2.23. The SMILES string of the molecule is CC(NCC1CCCCCN1)C1CCOC1. The number of ether oxygens (including phenoxy) is 1. The van der Waals surface area contributed by atoms with Gasteiger partial charge in [-0.2, -0.15) is 0 Å². The van der Waals surface area contributed by atoms with E-state index in [-0.39, 0.29) is 0 Å². The highest BCUT2D eigenvalue weighted by molar-refractivity contribution is 4.79. The molecule has 16 heavy (non-hydrogen) atoms.